The van der Waals surface area contributed by atoms with Crippen molar-refractivity contribution in [3.63, 3.8) is 0 Å². The predicted molar refractivity (Wildman–Crippen MR) is 79.4 cm³/mol. The molecule has 114 valence electrons. The van der Waals surface area contributed by atoms with Crippen LogP contribution in [0.1, 0.15) is 40.0 Å². The standard InChI is InChI=1S/C15H32N2O2/c1-4-17(13-14-7-10-16-11-8-14)12-9-15(18-5-2)19-6-3/h14-16H,4-13H2,1-3H3. The highest BCUT2D eigenvalue weighted by Crippen LogP contribution is 2.14. The van der Waals surface area contributed by atoms with Crippen LogP contribution in [0.2, 0.25) is 0 Å². The minimum absolute atomic E-state index is 0.0305. The topological polar surface area (TPSA) is 33.7 Å². The van der Waals surface area contributed by atoms with E-state index < -0.39 is 0 Å². The molecular formula is C15H32N2O2. The monoisotopic (exact) mass is 272 g/mol. The van der Waals surface area contributed by atoms with Gasteiger partial charge in [-0.2, -0.15) is 0 Å². The molecule has 0 spiro atoms. The van der Waals surface area contributed by atoms with E-state index in [4.69, 9.17) is 9.47 Å². The Morgan fingerprint density at radius 1 is 1.11 bits per heavy atom. The van der Waals surface area contributed by atoms with E-state index in [1.54, 1.807) is 0 Å². The van der Waals surface area contributed by atoms with Gasteiger partial charge in [-0.05, 0) is 52.2 Å². The highest BCUT2D eigenvalue weighted by atomic mass is 16.7. The van der Waals surface area contributed by atoms with Crippen LogP contribution in [0, 0.1) is 5.92 Å². The van der Waals surface area contributed by atoms with Gasteiger partial charge in [-0.25, -0.2) is 0 Å². The first-order chi connectivity index (χ1) is 9.30. The van der Waals surface area contributed by atoms with Gasteiger partial charge in [0.1, 0.15) is 0 Å². The lowest BCUT2D eigenvalue weighted by Crippen LogP contribution is -2.37. The minimum Gasteiger partial charge on any atom is -0.353 e. The Hall–Kier alpha value is -0.160. The number of ether oxygens (including phenoxy) is 2. The molecule has 0 amide bonds. The van der Waals surface area contributed by atoms with E-state index in [0.29, 0.717) is 0 Å². The molecule has 0 aromatic rings. The number of rotatable bonds is 10. The highest BCUT2D eigenvalue weighted by Gasteiger charge is 2.17. The van der Waals surface area contributed by atoms with Crippen LogP contribution in [0.25, 0.3) is 0 Å². The van der Waals surface area contributed by atoms with Crippen LogP contribution in [-0.4, -0.2) is 57.1 Å². The largest absolute Gasteiger partial charge is 0.353 e. The first-order valence-corrected chi connectivity index (χ1v) is 7.96. The molecule has 0 radical (unpaired) electrons. The first-order valence-electron chi connectivity index (χ1n) is 7.96. The summed E-state index contributed by atoms with van der Waals surface area (Å²) in [7, 11) is 0. The van der Waals surface area contributed by atoms with Crippen molar-refractivity contribution in [2.45, 2.75) is 46.3 Å². The Morgan fingerprint density at radius 3 is 2.26 bits per heavy atom. The molecule has 0 saturated carbocycles. The van der Waals surface area contributed by atoms with Gasteiger partial charge in [0.15, 0.2) is 6.29 Å². The fourth-order valence-electron chi connectivity index (χ4n) is 2.68. The van der Waals surface area contributed by atoms with Gasteiger partial charge in [0.05, 0.1) is 0 Å². The Kier molecular flexibility index (Phi) is 9.43. The Labute approximate surface area is 118 Å². The van der Waals surface area contributed by atoms with Crippen LogP contribution in [0.15, 0.2) is 0 Å². The molecule has 1 aliphatic heterocycles. The molecule has 0 aromatic carbocycles. The molecule has 1 N–H and O–H groups in total. The predicted octanol–water partition coefficient (Wildman–Crippen LogP) is 2.10. The lowest BCUT2D eigenvalue weighted by molar-refractivity contribution is -0.141. The SMILES string of the molecule is CCOC(CCN(CC)CC1CCNCC1)OCC. The van der Waals surface area contributed by atoms with Gasteiger partial charge in [0.2, 0.25) is 0 Å². The van der Waals surface area contributed by atoms with Crippen LogP contribution in [0.3, 0.4) is 0 Å². The zero-order chi connectivity index (χ0) is 13.9. The van der Waals surface area contributed by atoms with Crippen molar-refractivity contribution in [2.24, 2.45) is 5.92 Å². The summed E-state index contributed by atoms with van der Waals surface area (Å²) in [6, 6.07) is 0. The van der Waals surface area contributed by atoms with Crippen LogP contribution in [-0.2, 0) is 9.47 Å². The highest BCUT2D eigenvalue weighted by molar-refractivity contribution is 4.72. The Bertz CT molecular complexity index is 202. The van der Waals surface area contributed by atoms with Crippen LogP contribution in [0.5, 0.6) is 0 Å². The molecular weight excluding hydrogens is 240 g/mol. The molecule has 1 fully saturated rings. The summed E-state index contributed by atoms with van der Waals surface area (Å²) < 4.78 is 11.2. The first kappa shape index (κ1) is 16.9. The molecule has 0 unspecified atom stereocenters. The lowest BCUT2D eigenvalue weighted by Gasteiger charge is -2.30. The van der Waals surface area contributed by atoms with Gasteiger partial charge in [-0.3, -0.25) is 0 Å². The van der Waals surface area contributed by atoms with E-state index >= 15 is 0 Å². The van der Waals surface area contributed by atoms with Crippen molar-refractivity contribution in [1.29, 1.82) is 0 Å². The zero-order valence-electron chi connectivity index (χ0n) is 13.0. The Morgan fingerprint density at radius 2 is 1.74 bits per heavy atom. The number of piperidine rings is 1. The maximum atomic E-state index is 5.61. The van der Waals surface area contributed by atoms with Gasteiger partial charge in [-0.15, -0.1) is 0 Å². The van der Waals surface area contributed by atoms with Crippen molar-refractivity contribution < 1.29 is 9.47 Å². The van der Waals surface area contributed by atoms with E-state index in [1.807, 2.05) is 13.8 Å². The van der Waals surface area contributed by atoms with Gasteiger partial charge in [-0.1, -0.05) is 6.92 Å². The van der Waals surface area contributed by atoms with Crippen molar-refractivity contribution >= 4 is 0 Å². The second-order valence-electron chi connectivity index (χ2n) is 5.22. The van der Waals surface area contributed by atoms with E-state index in [-0.39, 0.29) is 6.29 Å². The summed E-state index contributed by atoms with van der Waals surface area (Å²) in [4.78, 5) is 2.54. The molecule has 19 heavy (non-hydrogen) atoms. The maximum Gasteiger partial charge on any atom is 0.158 e. The second-order valence-corrected chi connectivity index (χ2v) is 5.22. The fourth-order valence-corrected chi connectivity index (χ4v) is 2.68. The van der Waals surface area contributed by atoms with Crippen LogP contribution >= 0.6 is 0 Å². The van der Waals surface area contributed by atoms with Crippen molar-refractivity contribution in [2.75, 3.05) is 45.9 Å². The van der Waals surface area contributed by atoms with Crippen molar-refractivity contribution in [3.05, 3.63) is 0 Å². The maximum absolute atomic E-state index is 5.61. The van der Waals surface area contributed by atoms with E-state index in [9.17, 15) is 0 Å². The second kappa shape index (κ2) is 10.6. The van der Waals surface area contributed by atoms with Crippen LogP contribution < -0.4 is 5.32 Å². The third-order valence-corrected chi connectivity index (χ3v) is 3.81. The number of nitrogens with zero attached hydrogens (tertiary/aromatic N) is 1. The quantitative estimate of drug-likeness (QED) is 0.618. The molecule has 1 aliphatic rings. The summed E-state index contributed by atoms with van der Waals surface area (Å²) in [5, 5.41) is 3.43. The fraction of sp³-hybridized carbons (Fsp3) is 1.00. The molecule has 1 saturated heterocycles. The molecule has 1 rings (SSSR count). The summed E-state index contributed by atoms with van der Waals surface area (Å²) in [5.41, 5.74) is 0. The van der Waals surface area contributed by atoms with Crippen molar-refractivity contribution in [1.82, 2.24) is 10.2 Å². The molecule has 0 aromatic heterocycles. The van der Waals surface area contributed by atoms with Crippen molar-refractivity contribution in [3.8, 4) is 0 Å². The minimum atomic E-state index is -0.0305. The van der Waals surface area contributed by atoms with Gasteiger partial charge < -0.3 is 19.7 Å². The molecule has 0 atom stereocenters. The van der Waals surface area contributed by atoms with Gasteiger partial charge in [0, 0.05) is 32.7 Å². The summed E-state index contributed by atoms with van der Waals surface area (Å²) in [6.07, 6.45) is 3.57. The average molecular weight is 272 g/mol. The Balaban J connectivity index is 2.25. The van der Waals surface area contributed by atoms with Crippen LogP contribution in [0.4, 0.5) is 0 Å². The molecule has 0 bridgehead atoms. The van der Waals surface area contributed by atoms with E-state index in [1.165, 1.54) is 32.5 Å². The van der Waals surface area contributed by atoms with E-state index in [0.717, 1.165) is 38.6 Å². The third-order valence-electron chi connectivity index (χ3n) is 3.81. The lowest BCUT2D eigenvalue weighted by atomic mass is 9.97. The summed E-state index contributed by atoms with van der Waals surface area (Å²) in [5.74, 6) is 0.860. The summed E-state index contributed by atoms with van der Waals surface area (Å²) in [6.45, 7) is 13.5. The number of hydrogen-bond donors (Lipinski definition) is 1. The molecule has 0 aliphatic carbocycles. The smallest absolute Gasteiger partial charge is 0.158 e. The normalized spacial score (nSPS) is 17.5. The van der Waals surface area contributed by atoms with E-state index in [2.05, 4.69) is 17.1 Å². The van der Waals surface area contributed by atoms with Gasteiger partial charge in [0.25, 0.3) is 0 Å². The average Bonchev–Trinajstić information content (AvgIpc) is 2.44. The number of hydrogen-bond acceptors (Lipinski definition) is 4. The molecule has 1 heterocycles. The molecule has 4 nitrogen and oxygen atoms in total. The number of nitrogens with one attached hydrogen (secondary N) is 1. The van der Waals surface area contributed by atoms with Gasteiger partial charge >= 0.3 is 0 Å². The zero-order valence-corrected chi connectivity index (χ0v) is 13.0. The summed E-state index contributed by atoms with van der Waals surface area (Å²) >= 11 is 0. The third kappa shape index (κ3) is 7.25. The molecule has 4 heteroatoms.